The van der Waals surface area contributed by atoms with E-state index in [1.807, 2.05) is 55.5 Å². The maximum atomic E-state index is 5.57. The number of benzene rings is 3. The molecule has 0 unspecified atom stereocenters. The summed E-state index contributed by atoms with van der Waals surface area (Å²) in [5, 5.41) is 4.30. The zero-order chi connectivity index (χ0) is 18.5. The average Bonchev–Trinajstić information content (AvgIpc) is 3.14. The third-order valence-electron chi connectivity index (χ3n) is 4.13. The molecule has 4 aromatic rings. The molecule has 0 atom stereocenters. The standard InChI is InChI=1S/C23H20N2OS/c1-2-26-20-15-13-17(14-16-20)21-22(18-9-5-3-6-10-18)27-23(25-21)24-19-11-7-4-8-12-19/h3-16H,2H2,1H3,(H,24,25). The van der Waals surface area contributed by atoms with E-state index >= 15 is 0 Å². The van der Waals surface area contributed by atoms with Crippen molar-refractivity contribution in [2.75, 3.05) is 11.9 Å². The number of nitrogens with zero attached hydrogens (tertiary/aromatic N) is 1. The van der Waals surface area contributed by atoms with Gasteiger partial charge in [-0.1, -0.05) is 59.9 Å². The first-order chi connectivity index (χ1) is 13.3. The molecule has 0 aliphatic heterocycles. The van der Waals surface area contributed by atoms with Gasteiger partial charge in [-0.05, 0) is 48.9 Å². The molecule has 0 aliphatic rings. The van der Waals surface area contributed by atoms with E-state index in [9.17, 15) is 0 Å². The molecule has 0 bridgehead atoms. The molecule has 3 aromatic carbocycles. The predicted octanol–water partition coefficient (Wildman–Crippen LogP) is 6.62. The molecule has 0 fully saturated rings. The minimum absolute atomic E-state index is 0.663. The first kappa shape index (κ1) is 17.3. The highest BCUT2D eigenvalue weighted by Crippen LogP contribution is 2.40. The summed E-state index contributed by atoms with van der Waals surface area (Å²) in [5.74, 6) is 0.875. The molecule has 4 rings (SSSR count). The number of aromatic nitrogens is 1. The second-order valence-electron chi connectivity index (χ2n) is 6.01. The second-order valence-corrected chi connectivity index (χ2v) is 7.01. The van der Waals surface area contributed by atoms with Crippen LogP contribution in [0.3, 0.4) is 0 Å². The first-order valence-electron chi connectivity index (χ1n) is 8.95. The van der Waals surface area contributed by atoms with E-state index < -0.39 is 0 Å². The summed E-state index contributed by atoms with van der Waals surface area (Å²) >= 11 is 1.66. The van der Waals surface area contributed by atoms with Crippen molar-refractivity contribution < 1.29 is 4.74 Å². The molecule has 0 aliphatic carbocycles. The van der Waals surface area contributed by atoms with Crippen LogP contribution >= 0.6 is 11.3 Å². The number of nitrogens with one attached hydrogen (secondary N) is 1. The quantitative estimate of drug-likeness (QED) is 0.413. The Morgan fingerprint density at radius 2 is 1.48 bits per heavy atom. The molecular formula is C23H20N2OS. The molecule has 27 heavy (non-hydrogen) atoms. The minimum atomic E-state index is 0.663. The van der Waals surface area contributed by atoms with Crippen molar-refractivity contribution >= 4 is 22.2 Å². The van der Waals surface area contributed by atoms with Gasteiger partial charge in [0, 0.05) is 11.3 Å². The fourth-order valence-corrected chi connectivity index (χ4v) is 3.89. The summed E-state index contributed by atoms with van der Waals surface area (Å²) in [6, 6.07) is 28.6. The summed E-state index contributed by atoms with van der Waals surface area (Å²) in [5.41, 5.74) is 4.26. The predicted molar refractivity (Wildman–Crippen MR) is 114 cm³/mol. The zero-order valence-electron chi connectivity index (χ0n) is 15.1. The topological polar surface area (TPSA) is 34.1 Å². The fourth-order valence-electron chi connectivity index (χ4n) is 2.88. The molecule has 0 saturated heterocycles. The molecule has 1 aromatic heterocycles. The first-order valence-corrected chi connectivity index (χ1v) is 9.76. The van der Waals surface area contributed by atoms with Crippen LogP contribution in [-0.4, -0.2) is 11.6 Å². The summed E-state index contributed by atoms with van der Waals surface area (Å²) < 4.78 is 5.57. The van der Waals surface area contributed by atoms with E-state index in [2.05, 4.69) is 41.7 Å². The van der Waals surface area contributed by atoms with Gasteiger partial charge in [-0.3, -0.25) is 0 Å². The van der Waals surface area contributed by atoms with Gasteiger partial charge in [0.05, 0.1) is 17.2 Å². The van der Waals surface area contributed by atoms with E-state index in [4.69, 9.17) is 9.72 Å². The Bertz CT molecular complexity index is 996. The molecular weight excluding hydrogens is 352 g/mol. The van der Waals surface area contributed by atoms with Gasteiger partial charge in [0.1, 0.15) is 5.75 Å². The zero-order valence-corrected chi connectivity index (χ0v) is 15.9. The van der Waals surface area contributed by atoms with Crippen molar-refractivity contribution in [2.45, 2.75) is 6.92 Å². The van der Waals surface area contributed by atoms with Gasteiger partial charge in [-0.2, -0.15) is 0 Å². The van der Waals surface area contributed by atoms with Gasteiger partial charge in [-0.25, -0.2) is 4.98 Å². The highest BCUT2D eigenvalue weighted by atomic mass is 32.1. The maximum Gasteiger partial charge on any atom is 0.188 e. The average molecular weight is 372 g/mol. The Labute approximate surface area is 163 Å². The largest absolute Gasteiger partial charge is 0.494 e. The summed E-state index contributed by atoms with van der Waals surface area (Å²) in [7, 11) is 0. The third kappa shape index (κ3) is 4.01. The molecule has 3 nitrogen and oxygen atoms in total. The monoisotopic (exact) mass is 372 g/mol. The third-order valence-corrected chi connectivity index (χ3v) is 5.15. The van der Waals surface area contributed by atoms with Crippen LogP contribution in [-0.2, 0) is 0 Å². The summed E-state index contributed by atoms with van der Waals surface area (Å²) in [6.45, 7) is 2.65. The van der Waals surface area contributed by atoms with Crippen molar-refractivity contribution in [3.63, 3.8) is 0 Å². The molecule has 1 heterocycles. The van der Waals surface area contributed by atoms with Gasteiger partial charge >= 0.3 is 0 Å². The number of anilines is 2. The van der Waals surface area contributed by atoms with Gasteiger partial charge < -0.3 is 10.1 Å². The lowest BCUT2D eigenvalue weighted by Crippen LogP contribution is -1.91. The molecule has 1 N–H and O–H groups in total. The highest BCUT2D eigenvalue weighted by Gasteiger charge is 2.15. The van der Waals surface area contributed by atoms with Crippen LogP contribution in [0.25, 0.3) is 21.7 Å². The van der Waals surface area contributed by atoms with Crippen LogP contribution in [0.4, 0.5) is 10.8 Å². The normalized spacial score (nSPS) is 10.6. The Morgan fingerprint density at radius 3 is 2.15 bits per heavy atom. The number of rotatable bonds is 6. The number of hydrogen-bond donors (Lipinski definition) is 1. The van der Waals surface area contributed by atoms with Crippen LogP contribution in [0.5, 0.6) is 5.75 Å². The maximum absolute atomic E-state index is 5.57. The van der Waals surface area contributed by atoms with Crippen molar-refractivity contribution in [3.05, 3.63) is 84.9 Å². The van der Waals surface area contributed by atoms with E-state index in [0.717, 1.165) is 32.7 Å². The van der Waals surface area contributed by atoms with Crippen LogP contribution in [0.15, 0.2) is 84.9 Å². The molecule has 0 amide bonds. The lowest BCUT2D eigenvalue weighted by atomic mass is 10.1. The van der Waals surface area contributed by atoms with Crippen molar-refractivity contribution in [1.82, 2.24) is 4.98 Å². The lowest BCUT2D eigenvalue weighted by Gasteiger charge is -2.05. The summed E-state index contributed by atoms with van der Waals surface area (Å²) in [4.78, 5) is 6.05. The Balaban J connectivity index is 1.74. The van der Waals surface area contributed by atoms with E-state index in [1.165, 1.54) is 5.56 Å². The Hall–Kier alpha value is -3.11. The van der Waals surface area contributed by atoms with Crippen LogP contribution in [0, 0.1) is 0 Å². The van der Waals surface area contributed by atoms with Crippen LogP contribution in [0.1, 0.15) is 6.92 Å². The van der Waals surface area contributed by atoms with Gasteiger partial charge in [0.2, 0.25) is 0 Å². The number of hydrogen-bond acceptors (Lipinski definition) is 4. The molecule has 0 spiro atoms. The number of thiazole rings is 1. The highest BCUT2D eigenvalue weighted by molar-refractivity contribution is 7.19. The van der Waals surface area contributed by atoms with Crippen molar-refractivity contribution in [1.29, 1.82) is 0 Å². The number of ether oxygens (including phenoxy) is 1. The smallest absolute Gasteiger partial charge is 0.188 e. The molecule has 0 radical (unpaired) electrons. The number of para-hydroxylation sites is 1. The van der Waals surface area contributed by atoms with Crippen molar-refractivity contribution in [3.8, 4) is 27.4 Å². The second kappa shape index (κ2) is 8.06. The Kier molecular flexibility index (Phi) is 5.17. The fraction of sp³-hybridized carbons (Fsp3) is 0.0870. The van der Waals surface area contributed by atoms with Gasteiger partial charge in [0.15, 0.2) is 5.13 Å². The van der Waals surface area contributed by atoms with E-state index in [1.54, 1.807) is 11.3 Å². The minimum Gasteiger partial charge on any atom is -0.494 e. The Morgan fingerprint density at radius 1 is 0.815 bits per heavy atom. The van der Waals surface area contributed by atoms with Gasteiger partial charge in [0.25, 0.3) is 0 Å². The van der Waals surface area contributed by atoms with Crippen LogP contribution < -0.4 is 10.1 Å². The van der Waals surface area contributed by atoms with E-state index in [0.29, 0.717) is 6.61 Å². The SMILES string of the molecule is CCOc1ccc(-c2nc(Nc3ccccc3)sc2-c2ccccc2)cc1. The van der Waals surface area contributed by atoms with Crippen LogP contribution in [0.2, 0.25) is 0 Å². The van der Waals surface area contributed by atoms with Gasteiger partial charge in [-0.15, -0.1) is 0 Å². The van der Waals surface area contributed by atoms with Crippen molar-refractivity contribution in [2.24, 2.45) is 0 Å². The summed E-state index contributed by atoms with van der Waals surface area (Å²) in [6.07, 6.45) is 0. The van der Waals surface area contributed by atoms with E-state index in [-0.39, 0.29) is 0 Å². The molecule has 134 valence electrons. The molecule has 4 heteroatoms. The lowest BCUT2D eigenvalue weighted by molar-refractivity contribution is 0.340. The molecule has 0 saturated carbocycles.